The summed E-state index contributed by atoms with van der Waals surface area (Å²) in [5.74, 6) is -3.38. The second-order valence-electron chi connectivity index (χ2n) is 8.44. The second kappa shape index (κ2) is 14.5. The molecule has 196 valence electrons. The largest absolute Gasteiger partial charge is 3.00 e. The molecule has 0 aliphatic carbocycles. The molecule has 0 heterocycles. The number of rotatable bonds is 3. The number of benzene rings is 6. The average Bonchev–Trinajstić information content (AvgIpc) is 2.96. The van der Waals surface area contributed by atoms with E-state index >= 15 is 0 Å². The van der Waals surface area contributed by atoms with Crippen molar-refractivity contribution in [3.05, 3.63) is 144 Å². The molecule has 6 aromatic rings. The van der Waals surface area contributed by atoms with Crippen LogP contribution in [0.25, 0.3) is 32.3 Å². The molecule has 6 aromatic carbocycles. The predicted molar refractivity (Wildman–Crippen MR) is 145 cm³/mol. The fourth-order valence-corrected chi connectivity index (χ4v) is 4.21. The van der Waals surface area contributed by atoms with Crippen LogP contribution in [0.1, 0.15) is 31.1 Å². The van der Waals surface area contributed by atoms with Gasteiger partial charge in [0, 0.05) is 16.7 Å². The minimum Gasteiger partial charge on any atom is -0.545 e. The Morgan fingerprint density at radius 2 is 0.575 bits per heavy atom. The van der Waals surface area contributed by atoms with E-state index in [2.05, 4.69) is 0 Å². The minimum atomic E-state index is -1.13. The van der Waals surface area contributed by atoms with Crippen LogP contribution in [0.5, 0.6) is 0 Å². The van der Waals surface area contributed by atoms with Crippen LogP contribution in [-0.2, 0) is 0 Å². The topological polar surface area (TPSA) is 120 Å². The van der Waals surface area contributed by atoms with Crippen molar-refractivity contribution < 1.29 is 79.1 Å². The number of hydrogen-bond acceptors (Lipinski definition) is 6. The van der Waals surface area contributed by atoms with Gasteiger partial charge in [0.1, 0.15) is 0 Å². The number of carboxylic acid groups (broad SMARTS) is 3. The van der Waals surface area contributed by atoms with Crippen LogP contribution in [0.4, 0.5) is 0 Å². The second-order valence-corrected chi connectivity index (χ2v) is 8.44. The summed E-state index contributed by atoms with van der Waals surface area (Å²) in [4.78, 5) is 32.1. The van der Waals surface area contributed by atoms with Gasteiger partial charge < -0.3 is 29.7 Å². The van der Waals surface area contributed by atoms with E-state index in [1.54, 1.807) is 54.6 Å². The van der Waals surface area contributed by atoms with E-state index in [0.29, 0.717) is 0 Å². The van der Waals surface area contributed by atoms with Crippen LogP contribution < -0.4 is 15.3 Å². The van der Waals surface area contributed by atoms with E-state index in [1.165, 1.54) is 0 Å². The van der Waals surface area contributed by atoms with Crippen molar-refractivity contribution in [3.63, 3.8) is 0 Å². The maximum absolute atomic E-state index is 10.7. The van der Waals surface area contributed by atoms with Crippen molar-refractivity contribution in [2.24, 2.45) is 0 Å². The van der Waals surface area contributed by atoms with E-state index in [0.717, 1.165) is 32.3 Å². The molecule has 0 bridgehead atoms. The molecule has 6 nitrogen and oxygen atoms in total. The molecule has 0 aliphatic rings. The molecule has 40 heavy (non-hydrogen) atoms. The summed E-state index contributed by atoms with van der Waals surface area (Å²) in [5, 5.41) is 37.1. The molecule has 0 radical (unpaired) electrons. The molecular formula is C33H21EuO6. The summed E-state index contributed by atoms with van der Waals surface area (Å²) in [7, 11) is 0. The van der Waals surface area contributed by atoms with Gasteiger partial charge in [0.2, 0.25) is 0 Å². The summed E-state index contributed by atoms with van der Waals surface area (Å²) in [6.45, 7) is 0. The fourth-order valence-electron chi connectivity index (χ4n) is 4.21. The zero-order valence-electron chi connectivity index (χ0n) is 21.0. The molecule has 0 amide bonds. The number of fused-ring (bicyclic) bond motifs is 3. The van der Waals surface area contributed by atoms with Crippen LogP contribution in [0, 0.1) is 49.4 Å². The zero-order chi connectivity index (χ0) is 27.8. The molecule has 0 saturated heterocycles. The Hall–Kier alpha value is -3.91. The summed E-state index contributed by atoms with van der Waals surface area (Å²) >= 11 is 0. The first-order chi connectivity index (χ1) is 18.9. The van der Waals surface area contributed by atoms with Crippen molar-refractivity contribution in [1.82, 2.24) is 0 Å². The van der Waals surface area contributed by atoms with Crippen LogP contribution in [0.3, 0.4) is 0 Å². The first kappa shape index (κ1) is 30.6. The Morgan fingerprint density at radius 3 is 0.825 bits per heavy atom. The first-order valence-electron chi connectivity index (χ1n) is 11.9. The van der Waals surface area contributed by atoms with Gasteiger partial charge in [0.25, 0.3) is 0 Å². The molecule has 0 spiro atoms. The molecular weight excluding hydrogens is 644 g/mol. The minimum absolute atomic E-state index is 0. The monoisotopic (exact) mass is 666 g/mol. The van der Waals surface area contributed by atoms with Gasteiger partial charge in [-0.3, -0.25) is 0 Å². The number of carboxylic acids is 3. The summed E-state index contributed by atoms with van der Waals surface area (Å²) in [6, 6.07) is 37.5. The Balaban J connectivity index is 0.000000163. The van der Waals surface area contributed by atoms with Crippen LogP contribution in [0.2, 0.25) is 0 Å². The van der Waals surface area contributed by atoms with Crippen LogP contribution in [0.15, 0.2) is 127 Å². The average molecular weight is 665 g/mol. The van der Waals surface area contributed by atoms with Gasteiger partial charge in [0.15, 0.2) is 0 Å². The molecule has 0 atom stereocenters. The Labute approximate surface area is 271 Å². The van der Waals surface area contributed by atoms with Gasteiger partial charge in [-0.1, -0.05) is 127 Å². The normalized spacial score (nSPS) is 9.90. The van der Waals surface area contributed by atoms with Gasteiger partial charge in [-0.25, -0.2) is 0 Å². The Bertz CT molecular complexity index is 1580. The summed E-state index contributed by atoms with van der Waals surface area (Å²) in [5.41, 5.74) is 0.745. The van der Waals surface area contributed by atoms with Gasteiger partial charge in [-0.15, -0.1) is 0 Å². The van der Waals surface area contributed by atoms with Gasteiger partial charge in [-0.2, -0.15) is 0 Å². The maximum atomic E-state index is 10.7. The van der Waals surface area contributed by atoms with Gasteiger partial charge in [-0.05, 0) is 32.3 Å². The van der Waals surface area contributed by atoms with Crippen molar-refractivity contribution in [3.8, 4) is 0 Å². The molecule has 0 fully saturated rings. The molecule has 0 unspecified atom stereocenters. The van der Waals surface area contributed by atoms with E-state index in [-0.39, 0.29) is 66.1 Å². The van der Waals surface area contributed by atoms with Gasteiger partial charge in [0.05, 0.1) is 17.9 Å². The molecule has 7 heteroatoms. The molecule has 6 rings (SSSR count). The smallest absolute Gasteiger partial charge is 0.545 e. The van der Waals surface area contributed by atoms with E-state index in [4.69, 9.17) is 0 Å². The standard InChI is InChI=1S/3C11H8O2.Eu/c3*12-11(13)10-7-3-5-8-4-1-2-6-9(8)10;/h3*1-7H,(H,12,13);/q;;;+3/p-3. The first-order valence-corrected chi connectivity index (χ1v) is 11.9. The number of carbonyl (C=O) groups is 3. The van der Waals surface area contributed by atoms with Crippen LogP contribution >= 0.6 is 0 Å². The quantitative estimate of drug-likeness (QED) is 0.285. The van der Waals surface area contributed by atoms with Crippen molar-refractivity contribution in [2.45, 2.75) is 0 Å². The third kappa shape index (κ3) is 7.39. The Morgan fingerprint density at radius 1 is 0.350 bits per heavy atom. The predicted octanol–water partition coefficient (Wildman–Crippen LogP) is 3.61. The van der Waals surface area contributed by atoms with Crippen molar-refractivity contribution in [1.29, 1.82) is 0 Å². The number of hydrogen-bond donors (Lipinski definition) is 0. The van der Waals surface area contributed by atoms with Crippen molar-refractivity contribution in [2.75, 3.05) is 0 Å². The van der Waals surface area contributed by atoms with Gasteiger partial charge >= 0.3 is 49.4 Å². The molecule has 0 N–H and O–H groups in total. The fraction of sp³-hybridized carbons (Fsp3) is 0. The molecule has 0 aromatic heterocycles. The van der Waals surface area contributed by atoms with Crippen molar-refractivity contribution >= 4 is 50.2 Å². The maximum Gasteiger partial charge on any atom is 3.00 e. The summed E-state index contributed by atoms with van der Waals surface area (Å²) in [6.07, 6.45) is 0. The molecule has 0 saturated carbocycles. The van der Waals surface area contributed by atoms with E-state index < -0.39 is 17.9 Å². The molecule has 0 aliphatic heterocycles. The SMILES string of the molecule is O=C([O-])c1cccc2ccccc12.O=C([O-])c1cccc2ccccc12.O=C([O-])c1cccc2ccccc12.[Eu+3]. The third-order valence-electron chi connectivity index (χ3n) is 6.03. The number of aromatic carboxylic acids is 3. The van der Waals surface area contributed by atoms with E-state index in [1.807, 2.05) is 72.8 Å². The third-order valence-corrected chi connectivity index (χ3v) is 6.03. The van der Waals surface area contributed by atoms with Crippen LogP contribution in [-0.4, -0.2) is 17.9 Å². The Kier molecular flexibility index (Phi) is 11.1. The number of carbonyl (C=O) groups excluding carboxylic acids is 3. The van der Waals surface area contributed by atoms with E-state index in [9.17, 15) is 29.7 Å². The zero-order valence-corrected chi connectivity index (χ0v) is 23.4. The summed E-state index contributed by atoms with van der Waals surface area (Å²) < 4.78 is 0.